The van der Waals surface area contributed by atoms with Crippen molar-refractivity contribution in [3.8, 4) is 28.7 Å². The van der Waals surface area contributed by atoms with Crippen LogP contribution in [0.4, 0.5) is 0 Å². The number of carbonyl (C=O) groups is 1. The van der Waals surface area contributed by atoms with Crippen molar-refractivity contribution in [2.45, 2.75) is 0 Å². The number of methoxy groups -OCH3 is 1. The molecule has 27 heavy (non-hydrogen) atoms. The molecule has 8 nitrogen and oxygen atoms in total. The number of hydrogen-bond donors (Lipinski definition) is 4. The summed E-state index contributed by atoms with van der Waals surface area (Å²) < 4.78 is 12.2. The van der Waals surface area contributed by atoms with E-state index in [9.17, 15) is 20.1 Å². The molecule has 0 bridgehead atoms. The highest BCUT2D eigenvalue weighted by molar-refractivity contribution is 9.11. The first kappa shape index (κ1) is 21.3. The largest absolute Gasteiger partial charge is 0.504 e. The zero-order valence-corrected chi connectivity index (χ0v) is 18.4. The normalized spacial score (nSPS) is 10.8. The Morgan fingerprint density at radius 2 is 1.81 bits per heavy atom. The van der Waals surface area contributed by atoms with Gasteiger partial charge >= 0.3 is 0 Å². The molecule has 0 saturated heterocycles. The van der Waals surface area contributed by atoms with Crippen LogP contribution in [0.15, 0.2) is 36.7 Å². The van der Waals surface area contributed by atoms with Gasteiger partial charge in [0, 0.05) is 10.0 Å². The molecule has 0 aliphatic heterocycles. The van der Waals surface area contributed by atoms with E-state index in [2.05, 4.69) is 58.3 Å². The standard InChI is InChI=1S/C16H13Br3N2O6/c1-26-11-4-8(17)3-10(19)16(11)27-6-12(22)21-20-5-7-2-9(18)14(24)15(25)13(7)23/h2-5,23-25H,6H2,1H3,(H,21,22)/b20-5+. The van der Waals surface area contributed by atoms with Gasteiger partial charge in [-0.15, -0.1) is 0 Å². The summed E-state index contributed by atoms with van der Waals surface area (Å²) >= 11 is 9.67. The molecule has 0 aliphatic rings. The van der Waals surface area contributed by atoms with Crippen LogP contribution in [0.3, 0.4) is 0 Å². The summed E-state index contributed by atoms with van der Waals surface area (Å²) in [4.78, 5) is 11.9. The van der Waals surface area contributed by atoms with E-state index in [1.165, 1.54) is 13.2 Å². The van der Waals surface area contributed by atoms with Gasteiger partial charge in [-0.3, -0.25) is 4.79 Å². The van der Waals surface area contributed by atoms with Gasteiger partial charge in [-0.2, -0.15) is 5.10 Å². The molecule has 0 aromatic heterocycles. The van der Waals surface area contributed by atoms with Crippen LogP contribution in [-0.4, -0.2) is 41.2 Å². The van der Waals surface area contributed by atoms with Crippen LogP contribution in [0.5, 0.6) is 28.7 Å². The second kappa shape index (κ2) is 9.29. The minimum atomic E-state index is -0.701. The predicted molar refractivity (Wildman–Crippen MR) is 109 cm³/mol. The Morgan fingerprint density at radius 3 is 2.48 bits per heavy atom. The highest BCUT2D eigenvalue weighted by Crippen LogP contribution is 2.42. The highest BCUT2D eigenvalue weighted by Gasteiger charge is 2.15. The maximum absolute atomic E-state index is 11.9. The third kappa shape index (κ3) is 5.27. The Hall–Kier alpha value is -1.98. The fraction of sp³-hybridized carbons (Fsp3) is 0.125. The monoisotopic (exact) mass is 566 g/mol. The van der Waals surface area contributed by atoms with Crippen LogP contribution in [0.2, 0.25) is 0 Å². The molecule has 0 unspecified atom stereocenters. The minimum Gasteiger partial charge on any atom is -0.504 e. The molecule has 0 saturated carbocycles. The SMILES string of the molecule is COc1cc(Br)cc(Br)c1OCC(=O)N/N=C/c1cc(Br)c(O)c(O)c1O. The number of ether oxygens (including phenoxy) is 2. The second-order valence-corrected chi connectivity index (χ2v) is 7.62. The number of phenolic OH excluding ortho intramolecular Hbond substituents is 3. The van der Waals surface area contributed by atoms with Gasteiger partial charge in [0.2, 0.25) is 5.75 Å². The first-order valence-corrected chi connectivity index (χ1v) is 9.53. The fourth-order valence-corrected chi connectivity index (χ4v) is 3.64. The highest BCUT2D eigenvalue weighted by atomic mass is 79.9. The van der Waals surface area contributed by atoms with Gasteiger partial charge in [0.05, 0.1) is 22.3 Å². The van der Waals surface area contributed by atoms with E-state index in [1.54, 1.807) is 12.1 Å². The van der Waals surface area contributed by atoms with Crippen LogP contribution in [0.1, 0.15) is 5.56 Å². The van der Waals surface area contributed by atoms with Gasteiger partial charge in [0.15, 0.2) is 29.6 Å². The van der Waals surface area contributed by atoms with E-state index in [0.717, 1.165) is 10.7 Å². The van der Waals surface area contributed by atoms with Crippen LogP contribution in [0, 0.1) is 0 Å². The number of nitrogens with one attached hydrogen (secondary N) is 1. The van der Waals surface area contributed by atoms with E-state index < -0.39 is 23.2 Å². The summed E-state index contributed by atoms with van der Waals surface area (Å²) in [6.45, 7) is -0.343. The number of phenols is 3. The number of carbonyl (C=O) groups excluding carboxylic acids is 1. The van der Waals surface area contributed by atoms with Gasteiger partial charge in [-0.25, -0.2) is 5.43 Å². The van der Waals surface area contributed by atoms with Crippen molar-refractivity contribution in [3.63, 3.8) is 0 Å². The first-order chi connectivity index (χ1) is 12.7. The lowest BCUT2D eigenvalue weighted by Crippen LogP contribution is -2.24. The van der Waals surface area contributed by atoms with Crippen molar-refractivity contribution in [2.75, 3.05) is 13.7 Å². The molecule has 0 atom stereocenters. The zero-order chi connectivity index (χ0) is 20.1. The van der Waals surface area contributed by atoms with Gasteiger partial charge in [0.1, 0.15) is 0 Å². The third-order valence-corrected chi connectivity index (χ3v) is 4.82. The molecule has 0 radical (unpaired) electrons. The number of nitrogens with zero attached hydrogens (tertiary/aromatic N) is 1. The lowest BCUT2D eigenvalue weighted by molar-refractivity contribution is -0.123. The van der Waals surface area contributed by atoms with Gasteiger partial charge in [-0.1, -0.05) is 15.9 Å². The smallest absolute Gasteiger partial charge is 0.277 e. The van der Waals surface area contributed by atoms with E-state index in [0.29, 0.717) is 16.0 Å². The maximum Gasteiger partial charge on any atom is 0.277 e. The Kier molecular flexibility index (Phi) is 7.33. The van der Waals surface area contributed by atoms with Crippen LogP contribution < -0.4 is 14.9 Å². The topological polar surface area (TPSA) is 121 Å². The Balaban J connectivity index is 2.01. The summed E-state index contributed by atoms with van der Waals surface area (Å²) in [5, 5.41) is 32.5. The molecule has 4 N–H and O–H groups in total. The molecule has 2 rings (SSSR count). The number of halogens is 3. The number of rotatable bonds is 6. The molecule has 2 aromatic carbocycles. The average molecular weight is 569 g/mol. The summed E-state index contributed by atoms with van der Waals surface area (Å²) in [6, 6.07) is 4.75. The average Bonchev–Trinajstić information content (AvgIpc) is 2.62. The number of aromatic hydroxyl groups is 3. The molecule has 144 valence electrons. The summed E-state index contributed by atoms with van der Waals surface area (Å²) in [5.41, 5.74) is 2.30. The van der Waals surface area contributed by atoms with Crippen molar-refractivity contribution in [1.82, 2.24) is 5.43 Å². The van der Waals surface area contributed by atoms with E-state index >= 15 is 0 Å². The van der Waals surface area contributed by atoms with Crippen molar-refractivity contribution < 1.29 is 29.6 Å². The van der Waals surface area contributed by atoms with Crippen LogP contribution in [-0.2, 0) is 4.79 Å². The molecule has 2 aromatic rings. The fourth-order valence-electron chi connectivity index (χ4n) is 1.91. The lowest BCUT2D eigenvalue weighted by atomic mass is 10.2. The van der Waals surface area contributed by atoms with E-state index in [-0.39, 0.29) is 16.6 Å². The maximum atomic E-state index is 11.9. The molecular weight excluding hydrogens is 556 g/mol. The predicted octanol–water partition coefficient (Wildman–Crippen LogP) is 3.63. The molecule has 0 aliphatic carbocycles. The molecular formula is C16H13Br3N2O6. The lowest BCUT2D eigenvalue weighted by Gasteiger charge is -2.12. The first-order valence-electron chi connectivity index (χ1n) is 7.15. The third-order valence-electron chi connectivity index (χ3n) is 3.17. The number of benzene rings is 2. The summed E-state index contributed by atoms with van der Waals surface area (Å²) in [6.07, 6.45) is 1.10. The Bertz CT molecular complexity index is 904. The minimum absolute atomic E-state index is 0.0794. The number of amides is 1. The molecule has 11 heteroatoms. The summed E-state index contributed by atoms with van der Waals surface area (Å²) in [7, 11) is 1.48. The quantitative estimate of drug-likeness (QED) is 0.240. The van der Waals surface area contributed by atoms with E-state index in [4.69, 9.17) is 9.47 Å². The second-order valence-electron chi connectivity index (χ2n) is 4.99. The summed E-state index contributed by atoms with van der Waals surface area (Å²) in [5.74, 6) is -1.56. The molecule has 0 heterocycles. The van der Waals surface area contributed by atoms with Gasteiger partial charge in [0.25, 0.3) is 5.91 Å². The Labute approximate surface area is 179 Å². The van der Waals surface area contributed by atoms with Crippen LogP contribution in [0.25, 0.3) is 0 Å². The van der Waals surface area contributed by atoms with Crippen molar-refractivity contribution in [1.29, 1.82) is 0 Å². The van der Waals surface area contributed by atoms with Gasteiger partial charge < -0.3 is 24.8 Å². The van der Waals surface area contributed by atoms with Crippen molar-refractivity contribution >= 4 is 59.9 Å². The van der Waals surface area contributed by atoms with Crippen LogP contribution >= 0.6 is 47.8 Å². The van der Waals surface area contributed by atoms with Crippen molar-refractivity contribution in [3.05, 3.63) is 37.2 Å². The molecule has 0 spiro atoms. The van der Waals surface area contributed by atoms with E-state index in [1.807, 2.05) is 0 Å². The Morgan fingerprint density at radius 1 is 1.11 bits per heavy atom. The molecule has 0 fully saturated rings. The van der Waals surface area contributed by atoms with Gasteiger partial charge in [-0.05, 0) is 50.1 Å². The number of hydrogen-bond acceptors (Lipinski definition) is 7. The molecule has 1 amide bonds. The van der Waals surface area contributed by atoms with Crippen molar-refractivity contribution in [2.24, 2.45) is 5.10 Å². The number of hydrazone groups is 1. The zero-order valence-electron chi connectivity index (χ0n) is 13.7.